The summed E-state index contributed by atoms with van der Waals surface area (Å²) in [5.41, 5.74) is -0.796. The molecule has 0 heterocycles. The Labute approximate surface area is 141 Å². The van der Waals surface area contributed by atoms with E-state index in [4.69, 9.17) is 4.74 Å². The molecule has 24 heavy (non-hydrogen) atoms. The van der Waals surface area contributed by atoms with Crippen LogP contribution in [-0.2, 0) is 16.0 Å². The van der Waals surface area contributed by atoms with Crippen molar-refractivity contribution in [3.05, 3.63) is 29.6 Å². The Bertz CT molecular complexity index is 595. The third-order valence-corrected chi connectivity index (χ3v) is 4.63. The van der Waals surface area contributed by atoms with Gasteiger partial charge in [0.1, 0.15) is 5.54 Å². The summed E-state index contributed by atoms with van der Waals surface area (Å²) >= 11 is 0. The maximum Gasteiger partial charge on any atom is 0.329 e. The Morgan fingerprint density at radius 1 is 1.25 bits per heavy atom. The Balaban J connectivity index is 2.00. The monoisotopic (exact) mass is 337 g/mol. The molecule has 2 rings (SSSR count). The van der Waals surface area contributed by atoms with Gasteiger partial charge in [-0.3, -0.25) is 4.79 Å². The highest BCUT2D eigenvalue weighted by atomic mass is 19.1. The molecule has 1 amide bonds. The van der Waals surface area contributed by atoms with Crippen molar-refractivity contribution in [3.63, 3.8) is 0 Å². The number of carboxylic acids is 1. The highest BCUT2D eigenvalue weighted by molar-refractivity contribution is 5.87. The third kappa shape index (κ3) is 4.24. The molecule has 1 fully saturated rings. The van der Waals surface area contributed by atoms with Gasteiger partial charge in [-0.2, -0.15) is 0 Å². The fourth-order valence-corrected chi connectivity index (χ4v) is 3.21. The lowest BCUT2D eigenvalue weighted by atomic mass is 9.90. The molecule has 1 aromatic carbocycles. The molecule has 2 N–H and O–H groups in total. The fourth-order valence-electron chi connectivity index (χ4n) is 3.21. The summed E-state index contributed by atoms with van der Waals surface area (Å²) in [6.45, 7) is 0. The van der Waals surface area contributed by atoms with E-state index in [1.54, 1.807) is 12.1 Å². The van der Waals surface area contributed by atoms with E-state index in [2.05, 4.69) is 5.32 Å². The van der Waals surface area contributed by atoms with Crippen molar-refractivity contribution in [1.29, 1.82) is 0 Å². The summed E-state index contributed by atoms with van der Waals surface area (Å²) in [7, 11) is 1.39. The van der Waals surface area contributed by atoms with Gasteiger partial charge in [0, 0.05) is 6.42 Å². The minimum atomic E-state index is -1.18. The highest BCUT2D eigenvalue weighted by Gasteiger charge is 2.39. The normalized spacial score (nSPS) is 16.9. The molecule has 0 aromatic heterocycles. The van der Waals surface area contributed by atoms with Crippen LogP contribution < -0.4 is 10.1 Å². The smallest absolute Gasteiger partial charge is 0.329 e. The van der Waals surface area contributed by atoms with Crippen molar-refractivity contribution in [2.75, 3.05) is 7.11 Å². The van der Waals surface area contributed by atoms with E-state index in [1.807, 2.05) is 0 Å². The van der Waals surface area contributed by atoms with Gasteiger partial charge < -0.3 is 15.2 Å². The number of hydrogen-bond donors (Lipinski definition) is 2. The van der Waals surface area contributed by atoms with Crippen LogP contribution in [0.2, 0.25) is 0 Å². The molecule has 0 bridgehead atoms. The topological polar surface area (TPSA) is 75.6 Å². The number of aliphatic carboxylic acids is 1. The van der Waals surface area contributed by atoms with E-state index in [-0.39, 0.29) is 24.5 Å². The second-order valence-electron chi connectivity index (χ2n) is 6.28. The van der Waals surface area contributed by atoms with Crippen LogP contribution in [0.4, 0.5) is 4.39 Å². The molecule has 6 heteroatoms. The van der Waals surface area contributed by atoms with Crippen molar-refractivity contribution in [1.82, 2.24) is 5.32 Å². The number of amides is 1. The average molecular weight is 337 g/mol. The number of carboxylic acid groups (broad SMARTS) is 1. The van der Waals surface area contributed by atoms with Crippen LogP contribution in [0.3, 0.4) is 0 Å². The predicted octanol–water partition coefficient (Wildman–Crippen LogP) is 3.06. The summed E-state index contributed by atoms with van der Waals surface area (Å²) in [5.74, 6) is -1.68. The first kappa shape index (κ1) is 18.2. The number of aryl methyl sites for hydroxylation is 1. The van der Waals surface area contributed by atoms with Gasteiger partial charge in [0.25, 0.3) is 0 Å². The molecule has 0 aliphatic heterocycles. The second-order valence-corrected chi connectivity index (χ2v) is 6.28. The quantitative estimate of drug-likeness (QED) is 0.782. The van der Waals surface area contributed by atoms with Crippen LogP contribution in [0, 0.1) is 5.82 Å². The zero-order valence-electron chi connectivity index (χ0n) is 13.9. The minimum Gasteiger partial charge on any atom is -0.494 e. The predicted molar refractivity (Wildman–Crippen MR) is 87.5 cm³/mol. The maximum absolute atomic E-state index is 14.1. The minimum absolute atomic E-state index is 0.0408. The van der Waals surface area contributed by atoms with Crippen molar-refractivity contribution >= 4 is 11.9 Å². The molecule has 1 aliphatic rings. The first-order valence-electron chi connectivity index (χ1n) is 8.34. The van der Waals surface area contributed by atoms with E-state index in [0.717, 1.165) is 25.7 Å². The van der Waals surface area contributed by atoms with Gasteiger partial charge in [-0.05, 0) is 30.9 Å². The highest BCUT2D eigenvalue weighted by Crippen LogP contribution is 2.28. The number of methoxy groups -OCH3 is 1. The zero-order valence-corrected chi connectivity index (χ0v) is 13.9. The Kier molecular flexibility index (Phi) is 6.17. The summed E-state index contributed by atoms with van der Waals surface area (Å²) < 4.78 is 19.0. The van der Waals surface area contributed by atoms with Gasteiger partial charge in [-0.15, -0.1) is 0 Å². The van der Waals surface area contributed by atoms with Crippen LogP contribution in [0.25, 0.3) is 0 Å². The molecule has 1 aromatic rings. The van der Waals surface area contributed by atoms with Crippen molar-refractivity contribution in [2.45, 2.75) is 56.9 Å². The molecule has 0 spiro atoms. The Morgan fingerprint density at radius 3 is 2.50 bits per heavy atom. The molecular formula is C18H24FNO4. The molecule has 5 nitrogen and oxygen atoms in total. The summed E-state index contributed by atoms with van der Waals surface area (Å²) in [4.78, 5) is 23.9. The first-order chi connectivity index (χ1) is 11.5. The molecule has 1 aliphatic carbocycles. The number of ether oxygens (including phenoxy) is 1. The zero-order chi connectivity index (χ0) is 17.6. The van der Waals surface area contributed by atoms with Gasteiger partial charge in [0.05, 0.1) is 7.11 Å². The molecule has 0 saturated heterocycles. The van der Waals surface area contributed by atoms with Gasteiger partial charge in [-0.25, -0.2) is 9.18 Å². The molecule has 1 saturated carbocycles. The van der Waals surface area contributed by atoms with Gasteiger partial charge in [0.2, 0.25) is 5.91 Å². The Hall–Kier alpha value is -2.11. The van der Waals surface area contributed by atoms with E-state index in [1.165, 1.54) is 13.2 Å². The number of rotatable bonds is 6. The molecular weight excluding hydrogens is 313 g/mol. The van der Waals surface area contributed by atoms with E-state index >= 15 is 0 Å². The lowest BCUT2D eigenvalue weighted by molar-refractivity contribution is -0.148. The number of carbonyl (C=O) groups is 2. The SMILES string of the molecule is COc1cccc(CCC(=O)NC2(C(=O)O)CCCCCC2)c1F. The van der Waals surface area contributed by atoms with E-state index in [0.29, 0.717) is 18.4 Å². The number of hydrogen-bond acceptors (Lipinski definition) is 3. The number of carbonyl (C=O) groups excluding carboxylic acids is 1. The first-order valence-corrected chi connectivity index (χ1v) is 8.34. The van der Waals surface area contributed by atoms with Crippen molar-refractivity contribution < 1.29 is 23.8 Å². The van der Waals surface area contributed by atoms with Gasteiger partial charge in [-0.1, -0.05) is 37.8 Å². The van der Waals surface area contributed by atoms with Crippen LogP contribution in [0.15, 0.2) is 18.2 Å². The fraction of sp³-hybridized carbons (Fsp3) is 0.556. The van der Waals surface area contributed by atoms with Crippen molar-refractivity contribution in [3.8, 4) is 5.75 Å². The lowest BCUT2D eigenvalue weighted by Gasteiger charge is -2.29. The Morgan fingerprint density at radius 2 is 1.92 bits per heavy atom. The lowest BCUT2D eigenvalue weighted by Crippen LogP contribution is -2.54. The van der Waals surface area contributed by atoms with Gasteiger partial charge >= 0.3 is 5.97 Å². The van der Waals surface area contributed by atoms with E-state index in [9.17, 15) is 19.1 Å². The molecule has 0 radical (unpaired) electrons. The van der Waals surface area contributed by atoms with Crippen LogP contribution >= 0.6 is 0 Å². The number of benzene rings is 1. The standard InChI is InChI=1S/C18H24FNO4/c1-24-14-8-6-7-13(16(14)19)9-10-15(21)20-18(17(22)23)11-4-2-3-5-12-18/h6-8H,2-5,9-12H2,1H3,(H,20,21)(H,22,23). The van der Waals surface area contributed by atoms with E-state index < -0.39 is 17.3 Å². The van der Waals surface area contributed by atoms with Crippen LogP contribution in [-0.4, -0.2) is 29.6 Å². The van der Waals surface area contributed by atoms with Gasteiger partial charge in [0.15, 0.2) is 11.6 Å². The summed E-state index contributed by atoms with van der Waals surface area (Å²) in [6.07, 6.45) is 4.68. The van der Waals surface area contributed by atoms with Crippen LogP contribution in [0.1, 0.15) is 50.5 Å². The molecule has 0 atom stereocenters. The average Bonchev–Trinajstić information content (AvgIpc) is 2.80. The number of halogens is 1. The van der Waals surface area contributed by atoms with Crippen LogP contribution in [0.5, 0.6) is 5.75 Å². The largest absolute Gasteiger partial charge is 0.494 e. The molecule has 0 unspecified atom stereocenters. The van der Waals surface area contributed by atoms with Crippen molar-refractivity contribution in [2.24, 2.45) is 0 Å². The molecule has 132 valence electrons. The number of nitrogens with one attached hydrogen (secondary N) is 1. The summed E-state index contributed by atoms with van der Waals surface area (Å²) in [5, 5.41) is 12.3. The second kappa shape index (κ2) is 8.13. The summed E-state index contributed by atoms with van der Waals surface area (Å²) in [6, 6.07) is 4.78. The third-order valence-electron chi connectivity index (χ3n) is 4.63. The maximum atomic E-state index is 14.1.